The second-order valence-electron chi connectivity index (χ2n) is 4.66. The Labute approximate surface area is 144 Å². The van der Waals surface area contributed by atoms with Crippen molar-refractivity contribution in [2.75, 3.05) is 13.7 Å². The predicted molar refractivity (Wildman–Crippen MR) is 92.6 cm³/mol. The molecule has 0 fully saturated rings. The first-order valence-corrected chi connectivity index (χ1v) is 7.90. The molecule has 8 heteroatoms. The summed E-state index contributed by atoms with van der Waals surface area (Å²) in [4.78, 5) is 11.9. The van der Waals surface area contributed by atoms with Gasteiger partial charge in [0.25, 0.3) is 5.91 Å². The van der Waals surface area contributed by atoms with Crippen molar-refractivity contribution in [3.63, 3.8) is 0 Å². The molecule has 0 aromatic heterocycles. The van der Waals surface area contributed by atoms with Crippen LogP contribution in [0.2, 0.25) is 0 Å². The second kappa shape index (κ2) is 9.60. The number of hydrogen-bond donors (Lipinski definition) is 3. The molecule has 22 heavy (non-hydrogen) atoms. The Kier molecular flexibility index (Phi) is 8.15. The molecule has 2 atom stereocenters. The third kappa shape index (κ3) is 7.06. The highest BCUT2D eigenvalue weighted by Crippen LogP contribution is 2.17. The lowest BCUT2D eigenvalue weighted by Gasteiger charge is -2.18. The summed E-state index contributed by atoms with van der Waals surface area (Å²) in [5, 5.41) is 3.28. The number of hydrogen-bond acceptors (Lipinski definition) is 4. The molecule has 0 aliphatic rings. The molecular formula is C14H20BrN3O3S. The van der Waals surface area contributed by atoms with Gasteiger partial charge in [0.1, 0.15) is 5.75 Å². The van der Waals surface area contributed by atoms with Crippen LogP contribution in [0.3, 0.4) is 0 Å². The normalized spacial score (nSPS) is 12.9. The Morgan fingerprint density at radius 2 is 1.91 bits per heavy atom. The molecule has 1 aromatic rings. The highest BCUT2D eigenvalue weighted by molar-refractivity contribution is 9.10. The van der Waals surface area contributed by atoms with E-state index in [0.717, 1.165) is 4.47 Å². The van der Waals surface area contributed by atoms with E-state index in [-0.39, 0.29) is 11.9 Å². The number of amides is 1. The van der Waals surface area contributed by atoms with Crippen molar-refractivity contribution in [2.45, 2.75) is 26.0 Å². The van der Waals surface area contributed by atoms with E-state index >= 15 is 0 Å². The number of benzene rings is 1. The average molecular weight is 390 g/mol. The SMILES string of the molecule is COC[C@H](C)NC(=S)NNC(=O)[C@@H](C)Oc1ccc(Br)cc1. The van der Waals surface area contributed by atoms with E-state index in [4.69, 9.17) is 21.7 Å². The summed E-state index contributed by atoms with van der Waals surface area (Å²) >= 11 is 8.39. The van der Waals surface area contributed by atoms with Crippen molar-refractivity contribution in [1.29, 1.82) is 0 Å². The Morgan fingerprint density at radius 1 is 1.27 bits per heavy atom. The van der Waals surface area contributed by atoms with Gasteiger partial charge in [0, 0.05) is 17.6 Å². The van der Waals surface area contributed by atoms with Gasteiger partial charge in [-0.3, -0.25) is 15.6 Å². The third-order valence-electron chi connectivity index (χ3n) is 2.59. The minimum Gasteiger partial charge on any atom is -0.481 e. The third-order valence-corrected chi connectivity index (χ3v) is 3.34. The van der Waals surface area contributed by atoms with Crippen molar-refractivity contribution in [3.05, 3.63) is 28.7 Å². The smallest absolute Gasteiger partial charge is 0.279 e. The maximum absolute atomic E-state index is 11.9. The number of methoxy groups -OCH3 is 1. The molecule has 0 radical (unpaired) electrons. The number of carbonyl (C=O) groups is 1. The Hall–Kier alpha value is -1.38. The Bertz CT molecular complexity index is 499. The summed E-state index contributed by atoms with van der Waals surface area (Å²) in [6, 6.07) is 7.28. The molecule has 6 nitrogen and oxygen atoms in total. The minimum atomic E-state index is -0.659. The van der Waals surface area contributed by atoms with Gasteiger partial charge in [-0.15, -0.1) is 0 Å². The summed E-state index contributed by atoms with van der Waals surface area (Å²) in [5.41, 5.74) is 5.12. The van der Waals surface area contributed by atoms with E-state index < -0.39 is 6.10 Å². The van der Waals surface area contributed by atoms with Crippen LogP contribution >= 0.6 is 28.1 Å². The van der Waals surface area contributed by atoms with Gasteiger partial charge < -0.3 is 14.8 Å². The summed E-state index contributed by atoms with van der Waals surface area (Å²) in [5.74, 6) is 0.284. The topological polar surface area (TPSA) is 71.6 Å². The van der Waals surface area contributed by atoms with Crippen molar-refractivity contribution in [3.8, 4) is 5.75 Å². The van der Waals surface area contributed by atoms with Gasteiger partial charge in [0.2, 0.25) is 0 Å². The molecule has 0 spiro atoms. The fourth-order valence-corrected chi connectivity index (χ4v) is 2.06. The number of thiocarbonyl (C=S) groups is 1. The lowest BCUT2D eigenvalue weighted by molar-refractivity contribution is -0.127. The van der Waals surface area contributed by atoms with Crippen LogP contribution in [0.25, 0.3) is 0 Å². The van der Waals surface area contributed by atoms with Gasteiger partial charge in [-0.2, -0.15) is 0 Å². The molecule has 1 rings (SSSR count). The molecule has 0 heterocycles. The van der Waals surface area contributed by atoms with E-state index in [1.807, 2.05) is 19.1 Å². The Balaban J connectivity index is 2.34. The zero-order valence-electron chi connectivity index (χ0n) is 12.7. The molecule has 0 bridgehead atoms. The quantitative estimate of drug-likeness (QED) is 0.508. The van der Waals surface area contributed by atoms with Crippen molar-refractivity contribution >= 4 is 39.2 Å². The van der Waals surface area contributed by atoms with E-state index in [1.165, 1.54) is 0 Å². The van der Waals surface area contributed by atoms with E-state index in [2.05, 4.69) is 32.1 Å². The van der Waals surface area contributed by atoms with Gasteiger partial charge in [-0.1, -0.05) is 15.9 Å². The van der Waals surface area contributed by atoms with Crippen LogP contribution in [0.1, 0.15) is 13.8 Å². The largest absolute Gasteiger partial charge is 0.481 e. The monoisotopic (exact) mass is 389 g/mol. The van der Waals surface area contributed by atoms with Crippen LogP contribution in [-0.2, 0) is 9.53 Å². The van der Waals surface area contributed by atoms with E-state index in [1.54, 1.807) is 26.2 Å². The number of carbonyl (C=O) groups excluding carboxylic acids is 1. The molecule has 0 saturated heterocycles. The fraction of sp³-hybridized carbons (Fsp3) is 0.429. The lowest BCUT2D eigenvalue weighted by atomic mass is 10.3. The highest BCUT2D eigenvalue weighted by Gasteiger charge is 2.15. The maximum Gasteiger partial charge on any atom is 0.279 e. The first kappa shape index (κ1) is 18.7. The first-order valence-electron chi connectivity index (χ1n) is 6.70. The van der Waals surface area contributed by atoms with Crippen molar-refractivity contribution in [1.82, 2.24) is 16.2 Å². The first-order chi connectivity index (χ1) is 10.4. The van der Waals surface area contributed by atoms with Crippen LogP contribution in [0.4, 0.5) is 0 Å². The van der Waals surface area contributed by atoms with Crippen molar-refractivity contribution < 1.29 is 14.3 Å². The number of ether oxygens (including phenoxy) is 2. The number of hydrazine groups is 1. The fourth-order valence-electron chi connectivity index (χ4n) is 1.54. The van der Waals surface area contributed by atoms with Crippen LogP contribution < -0.4 is 20.9 Å². The van der Waals surface area contributed by atoms with Crippen LogP contribution in [0.15, 0.2) is 28.7 Å². The number of halogens is 1. The molecule has 0 unspecified atom stereocenters. The molecule has 3 N–H and O–H groups in total. The summed E-state index contributed by atoms with van der Waals surface area (Å²) in [6.07, 6.45) is -0.659. The zero-order valence-corrected chi connectivity index (χ0v) is 15.1. The molecule has 122 valence electrons. The molecule has 0 aliphatic carbocycles. The van der Waals surface area contributed by atoms with Gasteiger partial charge in [-0.05, 0) is 50.3 Å². The van der Waals surface area contributed by atoms with Gasteiger partial charge in [0.15, 0.2) is 11.2 Å². The minimum absolute atomic E-state index is 0.0401. The zero-order chi connectivity index (χ0) is 16.5. The molecular weight excluding hydrogens is 370 g/mol. The van der Waals surface area contributed by atoms with E-state index in [0.29, 0.717) is 17.5 Å². The van der Waals surface area contributed by atoms with Gasteiger partial charge >= 0.3 is 0 Å². The summed E-state index contributed by atoms with van der Waals surface area (Å²) in [6.45, 7) is 4.08. The number of rotatable bonds is 6. The number of nitrogens with one attached hydrogen (secondary N) is 3. The van der Waals surface area contributed by atoms with Crippen LogP contribution in [0, 0.1) is 0 Å². The standard InChI is InChI=1S/C14H20BrN3O3S/c1-9(8-20-3)16-14(22)18-17-13(19)10(2)21-12-6-4-11(15)5-7-12/h4-7,9-10H,8H2,1-3H3,(H,17,19)(H2,16,18,22)/t9-,10+/m0/s1. The Morgan fingerprint density at radius 3 is 2.50 bits per heavy atom. The predicted octanol–water partition coefficient (Wildman–Crippen LogP) is 1.75. The van der Waals surface area contributed by atoms with Gasteiger partial charge in [-0.25, -0.2) is 0 Å². The maximum atomic E-state index is 11.9. The van der Waals surface area contributed by atoms with Gasteiger partial charge in [0.05, 0.1) is 6.61 Å². The highest BCUT2D eigenvalue weighted by atomic mass is 79.9. The average Bonchev–Trinajstić information content (AvgIpc) is 2.47. The molecule has 1 amide bonds. The molecule has 1 aromatic carbocycles. The molecule has 0 saturated carbocycles. The van der Waals surface area contributed by atoms with Crippen LogP contribution in [0.5, 0.6) is 5.75 Å². The summed E-state index contributed by atoms with van der Waals surface area (Å²) < 4.78 is 11.5. The van der Waals surface area contributed by atoms with E-state index in [9.17, 15) is 4.79 Å². The van der Waals surface area contributed by atoms with Crippen LogP contribution in [-0.4, -0.2) is 36.9 Å². The molecule has 0 aliphatic heterocycles. The lowest BCUT2D eigenvalue weighted by Crippen LogP contribution is -2.52. The van der Waals surface area contributed by atoms with Crippen molar-refractivity contribution in [2.24, 2.45) is 0 Å². The summed E-state index contributed by atoms with van der Waals surface area (Å²) in [7, 11) is 1.61. The second-order valence-corrected chi connectivity index (χ2v) is 5.98.